The fourth-order valence-corrected chi connectivity index (χ4v) is 3.00. The molecule has 0 unspecified atom stereocenters. The topological polar surface area (TPSA) is 38.3 Å². The lowest BCUT2D eigenvalue weighted by Crippen LogP contribution is -2.12. The quantitative estimate of drug-likeness (QED) is 0.522. The average molecular weight is 350 g/mol. The molecule has 1 N–H and O–H groups in total. The van der Waals surface area contributed by atoms with Gasteiger partial charge >= 0.3 is 0 Å². The summed E-state index contributed by atoms with van der Waals surface area (Å²) in [4.78, 5) is 13.2. The minimum atomic E-state index is 0.00820. The van der Waals surface area contributed by atoms with Crippen LogP contribution in [0.2, 0.25) is 5.02 Å². The van der Waals surface area contributed by atoms with Crippen molar-refractivity contribution in [2.24, 2.45) is 0 Å². The Hall–Kier alpha value is -1.65. The van der Waals surface area contributed by atoms with Crippen LogP contribution in [0.15, 0.2) is 53.4 Å². The van der Waals surface area contributed by atoms with E-state index in [1.807, 2.05) is 55.5 Å². The maximum atomic E-state index is 12.0. The summed E-state index contributed by atoms with van der Waals surface area (Å²) in [5, 5.41) is 3.65. The first-order valence-electron chi connectivity index (χ1n) is 7.59. The molecule has 3 nitrogen and oxygen atoms in total. The summed E-state index contributed by atoms with van der Waals surface area (Å²) in [6.45, 7) is 2.50. The van der Waals surface area contributed by atoms with E-state index in [4.69, 9.17) is 16.3 Å². The summed E-state index contributed by atoms with van der Waals surface area (Å²) in [6, 6.07) is 15.2. The number of thioether (sulfide) groups is 1. The molecule has 5 heteroatoms. The summed E-state index contributed by atoms with van der Waals surface area (Å²) in [5.74, 6) is 1.61. The largest absolute Gasteiger partial charge is 0.492 e. The lowest BCUT2D eigenvalue weighted by atomic mass is 10.2. The smallest absolute Gasteiger partial charge is 0.224 e. The van der Waals surface area contributed by atoms with Crippen LogP contribution in [-0.4, -0.2) is 18.3 Å². The van der Waals surface area contributed by atoms with E-state index >= 15 is 0 Å². The molecular formula is C18H20ClNO2S. The van der Waals surface area contributed by atoms with Gasteiger partial charge in [0.05, 0.1) is 12.3 Å². The molecule has 0 radical (unpaired) electrons. The Bertz CT molecular complexity index is 631. The first kappa shape index (κ1) is 17.7. The van der Waals surface area contributed by atoms with Gasteiger partial charge in [0.1, 0.15) is 5.75 Å². The van der Waals surface area contributed by atoms with Crippen LogP contribution in [-0.2, 0) is 4.79 Å². The van der Waals surface area contributed by atoms with Crippen molar-refractivity contribution in [1.29, 1.82) is 0 Å². The Balaban J connectivity index is 1.74. The zero-order valence-corrected chi connectivity index (χ0v) is 14.6. The average Bonchev–Trinajstić information content (AvgIpc) is 2.55. The van der Waals surface area contributed by atoms with Crippen molar-refractivity contribution >= 4 is 35.0 Å². The third kappa shape index (κ3) is 6.16. The molecule has 0 aliphatic heterocycles. The van der Waals surface area contributed by atoms with Crippen molar-refractivity contribution in [2.75, 3.05) is 17.7 Å². The van der Waals surface area contributed by atoms with Gasteiger partial charge in [-0.25, -0.2) is 0 Å². The molecule has 0 aliphatic rings. The fourth-order valence-electron chi connectivity index (χ4n) is 2.02. The van der Waals surface area contributed by atoms with Crippen molar-refractivity contribution < 1.29 is 9.53 Å². The van der Waals surface area contributed by atoms with Gasteiger partial charge < -0.3 is 10.1 Å². The Morgan fingerprint density at radius 1 is 1.17 bits per heavy atom. The summed E-state index contributed by atoms with van der Waals surface area (Å²) in [5.41, 5.74) is 0.727. The Morgan fingerprint density at radius 3 is 2.65 bits per heavy atom. The summed E-state index contributed by atoms with van der Waals surface area (Å²) in [7, 11) is 0. The number of hydrogen-bond acceptors (Lipinski definition) is 3. The van der Waals surface area contributed by atoms with Gasteiger partial charge in [0.2, 0.25) is 5.91 Å². The molecular weight excluding hydrogens is 330 g/mol. The highest BCUT2D eigenvalue weighted by molar-refractivity contribution is 7.99. The summed E-state index contributed by atoms with van der Waals surface area (Å²) >= 11 is 7.58. The number of benzene rings is 2. The normalized spacial score (nSPS) is 10.3. The molecule has 2 rings (SSSR count). The molecule has 0 atom stereocenters. The van der Waals surface area contributed by atoms with E-state index in [0.717, 1.165) is 27.8 Å². The van der Waals surface area contributed by atoms with Crippen LogP contribution in [0, 0.1) is 0 Å². The highest BCUT2D eigenvalue weighted by Crippen LogP contribution is 2.24. The molecule has 0 spiro atoms. The zero-order valence-electron chi connectivity index (χ0n) is 13.0. The first-order chi connectivity index (χ1) is 11.2. The molecule has 0 aliphatic carbocycles. The van der Waals surface area contributed by atoms with Gasteiger partial charge in [-0.05, 0) is 55.5 Å². The molecule has 122 valence electrons. The first-order valence-corrected chi connectivity index (χ1v) is 8.95. The molecule has 0 heterocycles. The van der Waals surface area contributed by atoms with Crippen LogP contribution >= 0.6 is 23.4 Å². The third-order valence-electron chi connectivity index (χ3n) is 3.09. The standard InChI is InChI=1S/C18H20ClNO2S/c1-2-22-17-7-4-3-6-16(17)20-18(21)8-5-13-23-15-11-9-14(19)10-12-15/h3-4,6-7,9-12H,2,5,8,13H2,1H3,(H,20,21). The van der Waals surface area contributed by atoms with Crippen molar-refractivity contribution in [3.05, 3.63) is 53.6 Å². The maximum absolute atomic E-state index is 12.0. The van der Waals surface area contributed by atoms with Crippen molar-refractivity contribution in [1.82, 2.24) is 0 Å². The Labute approximate surface area is 146 Å². The highest BCUT2D eigenvalue weighted by Gasteiger charge is 2.07. The van der Waals surface area contributed by atoms with Gasteiger partial charge in [-0.2, -0.15) is 0 Å². The number of amides is 1. The van der Waals surface area contributed by atoms with Gasteiger partial charge in [0, 0.05) is 16.3 Å². The number of hydrogen-bond donors (Lipinski definition) is 1. The molecule has 2 aromatic rings. The van der Waals surface area contributed by atoms with E-state index in [-0.39, 0.29) is 5.91 Å². The van der Waals surface area contributed by atoms with Gasteiger partial charge in [-0.1, -0.05) is 23.7 Å². The SMILES string of the molecule is CCOc1ccccc1NC(=O)CCCSc1ccc(Cl)cc1. The Kier molecular flexibility index (Phi) is 7.30. The molecule has 1 amide bonds. The number of ether oxygens (including phenoxy) is 1. The van der Waals surface area contributed by atoms with E-state index in [0.29, 0.717) is 18.8 Å². The van der Waals surface area contributed by atoms with E-state index in [2.05, 4.69) is 5.32 Å². The molecule has 0 saturated carbocycles. The lowest BCUT2D eigenvalue weighted by molar-refractivity contribution is -0.116. The van der Waals surface area contributed by atoms with Crippen LogP contribution in [0.1, 0.15) is 19.8 Å². The molecule has 0 bridgehead atoms. The number of para-hydroxylation sites is 2. The Morgan fingerprint density at radius 2 is 1.91 bits per heavy atom. The molecule has 23 heavy (non-hydrogen) atoms. The van der Waals surface area contributed by atoms with E-state index in [1.54, 1.807) is 11.8 Å². The minimum Gasteiger partial charge on any atom is -0.492 e. The number of carbonyl (C=O) groups excluding carboxylic acids is 1. The maximum Gasteiger partial charge on any atom is 0.224 e. The monoisotopic (exact) mass is 349 g/mol. The van der Waals surface area contributed by atoms with E-state index in [9.17, 15) is 4.79 Å². The second-order valence-electron chi connectivity index (χ2n) is 4.88. The molecule has 0 fully saturated rings. The van der Waals surface area contributed by atoms with Gasteiger partial charge in [0.25, 0.3) is 0 Å². The van der Waals surface area contributed by atoms with Crippen molar-refractivity contribution in [2.45, 2.75) is 24.7 Å². The minimum absolute atomic E-state index is 0.00820. The van der Waals surface area contributed by atoms with Gasteiger partial charge in [-0.3, -0.25) is 4.79 Å². The van der Waals surface area contributed by atoms with Crippen LogP contribution < -0.4 is 10.1 Å². The van der Waals surface area contributed by atoms with E-state index in [1.165, 1.54) is 0 Å². The summed E-state index contributed by atoms with van der Waals surface area (Å²) in [6.07, 6.45) is 1.30. The van der Waals surface area contributed by atoms with Crippen molar-refractivity contribution in [3.8, 4) is 5.75 Å². The molecule has 0 saturated heterocycles. The molecule has 2 aromatic carbocycles. The zero-order chi connectivity index (χ0) is 16.5. The fraction of sp³-hybridized carbons (Fsp3) is 0.278. The van der Waals surface area contributed by atoms with Gasteiger partial charge in [-0.15, -0.1) is 11.8 Å². The predicted octanol–water partition coefficient (Wildman–Crippen LogP) is 5.25. The van der Waals surface area contributed by atoms with Crippen LogP contribution in [0.3, 0.4) is 0 Å². The predicted molar refractivity (Wildman–Crippen MR) is 97.7 cm³/mol. The van der Waals surface area contributed by atoms with Gasteiger partial charge in [0.15, 0.2) is 0 Å². The number of nitrogens with one attached hydrogen (secondary N) is 1. The molecule has 0 aromatic heterocycles. The third-order valence-corrected chi connectivity index (χ3v) is 4.44. The highest BCUT2D eigenvalue weighted by atomic mass is 35.5. The number of halogens is 1. The van der Waals surface area contributed by atoms with Crippen LogP contribution in [0.4, 0.5) is 5.69 Å². The second kappa shape index (κ2) is 9.48. The number of rotatable bonds is 8. The number of anilines is 1. The van der Waals surface area contributed by atoms with Crippen LogP contribution in [0.25, 0.3) is 0 Å². The second-order valence-corrected chi connectivity index (χ2v) is 6.49. The lowest BCUT2D eigenvalue weighted by Gasteiger charge is -2.11. The van der Waals surface area contributed by atoms with E-state index < -0.39 is 0 Å². The van der Waals surface area contributed by atoms with Crippen LogP contribution in [0.5, 0.6) is 5.75 Å². The summed E-state index contributed by atoms with van der Waals surface area (Å²) < 4.78 is 5.50. The number of carbonyl (C=O) groups is 1. The van der Waals surface area contributed by atoms with Crippen molar-refractivity contribution in [3.63, 3.8) is 0 Å².